The van der Waals surface area contributed by atoms with Crippen LogP contribution in [0.3, 0.4) is 0 Å². The summed E-state index contributed by atoms with van der Waals surface area (Å²) in [6, 6.07) is 6.06. The highest BCUT2D eigenvalue weighted by molar-refractivity contribution is 8.01. The van der Waals surface area contributed by atoms with Gasteiger partial charge in [-0.2, -0.15) is 15.0 Å². The molecule has 0 amide bonds. The number of ether oxygens (including phenoxy) is 1. The van der Waals surface area contributed by atoms with Crippen molar-refractivity contribution in [3.05, 3.63) is 18.2 Å². The van der Waals surface area contributed by atoms with Crippen molar-refractivity contribution in [2.45, 2.75) is 54.9 Å². The highest BCUT2D eigenvalue weighted by atomic mass is 32.2. The molecule has 2 saturated heterocycles. The van der Waals surface area contributed by atoms with Crippen LogP contribution in [0.15, 0.2) is 27.7 Å². The molecule has 0 atom stereocenters. The van der Waals surface area contributed by atoms with Crippen LogP contribution in [0.2, 0.25) is 0 Å². The number of piperidine rings is 2. The highest BCUT2D eigenvalue weighted by Gasteiger charge is 2.21. The summed E-state index contributed by atoms with van der Waals surface area (Å²) >= 11 is 3.20. The van der Waals surface area contributed by atoms with Gasteiger partial charge in [-0.3, -0.25) is 0 Å². The predicted octanol–water partition coefficient (Wildman–Crippen LogP) is 5.01. The van der Waals surface area contributed by atoms with E-state index in [2.05, 4.69) is 15.9 Å². The van der Waals surface area contributed by atoms with E-state index in [4.69, 9.17) is 24.7 Å². The maximum atomic E-state index is 5.64. The van der Waals surface area contributed by atoms with Crippen LogP contribution in [-0.4, -0.2) is 52.7 Å². The van der Waals surface area contributed by atoms with Crippen LogP contribution in [0.4, 0.5) is 11.9 Å². The molecule has 7 nitrogen and oxygen atoms in total. The van der Waals surface area contributed by atoms with E-state index in [1.807, 2.05) is 19.1 Å². The first-order chi connectivity index (χ1) is 15.3. The topological polar surface area (TPSA) is 67.3 Å². The molecule has 2 fully saturated rings. The number of anilines is 2. The SMILES string of the molecule is CCOc1ccc2nc(Sc3nc(N4CCCCC4)nc(N4CCCCC4)n3)sc2c1. The summed E-state index contributed by atoms with van der Waals surface area (Å²) in [5, 5.41) is 0.736. The summed E-state index contributed by atoms with van der Waals surface area (Å²) in [5.74, 6) is 2.52. The molecule has 5 rings (SSSR count). The van der Waals surface area contributed by atoms with Gasteiger partial charge in [0.15, 0.2) is 4.34 Å². The summed E-state index contributed by atoms with van der Waals surface area (Å²) < 4.78 is 7.70. The smallest absolute Gasteiger partial charge is 0.231 e. The van der Waals surface area contributed by atoms with Gasteiger partial charge in [-0.1, -0.05) is 0 Å². The van der Waals surface area contributed by atoms with Gasteiger partial charge < -0.3 is 14.5 Å². The van der Waals surface area contributed by atoms with E-state index in [1.54, 1.807) is 11.3 Å². The van der Waals surface area contributed by atoms with Gasteiger partial charge in [-0.25, -0.2) is 4.98 Å². The average Bonchev–Trinajstić information content (AvgIpc) is 3.22. The lowest BCUT2D eigenvalue weighted by Crippen LogP contribution is -2.34. The molecule has 0 saturated carbocycles. The fourth-order valence-corrected chi connectivity index (χ4v) is 6.05. The molecule has 0 bridgehead atoms. The van der Waals surface area contributed by atoms with Crippen LogP contribution in [0, 0.1) is 0 Å². The number of fused-ring (bicyclic) bond motifs is 1. The zero-order valence-corrected chi connectivity index (χ0v) is 19.6. The Morgan fingerprint density at radius 1 is 0.871 bits per heavy atom. The van der Waals surface area contributed by atoms with Gasteiger partial charge in [-0.15, -0.1) is 11.3 Å². The number of benzene rings is 1. The van der Waals surface area contributed by atoms with Gasteiger partial charge in [0.05, 0.1) is 16.8 Å². The van der Waals surface area contributed by atoms with Crippen molar-refractivity contribution in [3.63, 3.8) is 0 Å². The standard InChI is InChI=1S/C22H28N6OS2/c1-2-29-16-9-10-17-18(15-16)30-22(23-17)31-21-25-19(27-11-5-3-6-12-27)24-20(26-21)28-13-7-4-8-14-28/h9-10,15H,2-8,11-14H2,1H3. The third-order valence-electron chi connectivity index (χ3n) is 5.70. The summed E-state index contributed by atoms with van der Waals surface area (Å²) in [4.78, 5) is 24.0. The molecule has 4 heterocycles. The number of nitrogens with zero attached hydrogens (tertiary/aromatic N) is 6. The number of hydrogen-bond donors (Lipinski definition) is 0. The van der Waals surface area contributed by atoms with E-state index >= 15 is 0 Å². The van der Waals surface area contributed by atoms with Crippen molar-refractivity contribution in [1.82, 2.24) is 19.9 Å². The second-order valence-electron chi connectivity index (χ2n) is 7.96. The molecule has 3 aromatic rings. The van der Waals surface area contributed by atoms with Crippen molar-refractivity contribution >= 4 is 45.2 Å². The molecule has 9 heteroatoms. The number of rotatable bonds is 6. The average molecular weight is 457 g/mol. The van der Waals surface area contributed by atoms with Crippen molar-refractivity contribution in [3.8, 4) is 5.75 Å². The molecule has 0 unspecified atom stereocenters. The Kier molecular flexibility index (Phi) is 6.40. The number of aromatic nitrogens is 4. The Morgan fingerprint density at radius 2 is 1.52 bits per heavy atom. The van der Waals surface area contributed by atoms with E-state index in [-0.39, 0.29) is 0 Å². The quantitative estimate of drug-likeness (QED) is 0.513. The molecular weight excluding hydrogens is 428 g/mol. The Bertz CT molecular complexity index is 994. The first-order valence-electron chi connectivity index (χ1n) is 11.3. The molecule has 2 aliphatic rings. The zero-order chi connectivity index (χ0) is 21.0. The first-order valence-corrected chi connectivity index (χ1v) is 12.9. The van der Waals surface area contributed by atoms with Crippen molar-refractivity contribution in [1.29, 1.82) is 0 Å². The van der Waals surface area contributed by atoms with Gasteiger partial charge in [0.2, 0.25) is 17.1 Å². The summed E-state index contributed by atoms with van der Waals surface area (Å²) in [7, 11) is 0. The van der Waals surface area contributed by atoms with Crippen molar-refractivity contribution in [2.75, 3.05) is 42.6 Å². The Labute approximate surface area is 191 Å². The maximum Gasteiger partial charge on any atom is 0.231 e. The molecule has 0 spiro atoms. The fraction of sp³-hybridized carbons (Fsp3) is 0.545. The second-order valence-corrected chi connectivity index (χ2v) is 10.2. The number of thiazole rings is 1. The predicted molar refractivity (Wildman–Crippen MR) is 127 cm³/mol. The minimum absolute atomic E-state index is 0.662. The molecule has 2 aliphatic heterocycles. The minimum atomic E-state index is 0.662. The highest BCUT2D eigenvalue weighted by Crippen LogP contribution is 2.35. The van der Waals surface area contributed by atoms with Crippen LogP contribution in [0.1, 0.15) is 45.4 Å². The largest absolute Gasteiger partial charge is 0.494 e. The minimum Gasteiger partial charge on any atom is -0.494 e. The molecule has 0 radical (unpaired) electrons. The molecule has 2 aromatic heterocycles. The first kappa shape index (κ1) is 20.8. The van der Waals surface area contributed by atoms with Crippen molar-refractivity contribution < 1.29 is 4.74 Å². The Balaban J connectivity index is 1.44. The lowest BCUT2D eigenvalue weighted by atomic mass is 10.1. The third kappa shape index (κ3) is 4.87. The maximum absolute atomic E-state index is 5.64. The van der Waals surface area contributed by atoms with E-state index < -0.39 is 0 Å². The van der Waals surface area contributed by atoms with Crippen LogP contribution in [0.5, 0.6) is 5.75 Å². The molecular formula is C22H28N6OS2. The molecule has 0 aliphatic carbocycles. The van der Waals surface area contributed by atoms with E-state index in [0.717, 1.165) is 63.5 Å². The van der Waals surface area contributed by atoms with Gasteiger partial charge in [0.1, 0.15) is 5.75 Å². The zero-order valence-electron chi connectivity index (χ0n) is 17.9. The monoisotopic (exact) mass is 456 g/mol. The fourth-order valence-electron chi connectivity index (χ4n) is 4.11. The van der Waals surface area contributed by atoms with E-state index in [9.17, 15) is 0 Å². The molecule has 164 valence electrons. The van der Waals surface area contributed by atoms with Crippen LogP contribution < -0.4 is 14.5 Å². The van der Waals surface area contributed by atoms with Crippen molar-refractivity contribution in [2.24, 2.45) is 0 Å². The van der Waals surface area contributed by atoms with E-state index in [0.29, 0.717) is 6.61 Å². The van der Waals surface area contributed by atoms with E-state index in [1.165, 1.54) is 50.3 Å². The number of hydrogen-bond acceptors (Lipinski definition) is 9. The second kappa shape index (κ2) is 9.56. The lowest BCUT2D eigenvalue weighted by Gasteiger charge is -2.30. The molecule has 0 N–H and O–H groups in total. The normalized spacial score (nSPS) is 17.3. The summed E-state index contributed by atoms with van der Waals surface area (Å²) in [6.07, 6.45) is 7.39. The lowest BCUT2D eigenvalue weighted by molar-refractivity contribution is 0.341. The summed E-state index contributed by atoms with van der Waals surface area (Å²) in [6.45, 7) is 6.75. The van der Waals surface area contributed by atoms with Crippen LogP contribution in [0.25, 0.3) is 10.2 Å². The Morgan fingerprint density at radius 3 is 2.13 bits per heavy atom. The third-order valence-corrected chi connectivity index (χ3v) is 7.64. The van der Waals surface area contributed by atoms with Crippen LogP contribution >= 0.6 is 23.1 Å². The molecule has 31 heavy (non-hydrogen) atoms. The van der Waals surface area contributed by atoms with Gasteiger partial charge in [0, 0.05) is 26.2 Å². The van der Waals surface area contributed by atoms with Gasteiger partial charge >= 0.3 is 0 Å². The van der Waals surface area contributed by atoms with Crippen LogP contribution in [-0.2, 0) is 0 Å². The Hall–Kier alpha value is -2.13. The van der Waals surface area contributed by atoms with Gasteiger partial charge in [-0.05, 0) is 75.4 Å². The molecule has 1 aromatic carbocycles. The van der Waals surface area contributed by atoms with Gasteiger partial charge in [0.25, 0.3) is 0 Å². The summed E-state index contributed by atoms with van der Waals surface area (Å²) in [5.41, 5.74) is 0.984.